The molecule has 108 valence electrons. The zero-order chi connectivity index (χ0) is 14.7. The Morgan fingerprint density at radius 1 is 1.10 bits per heavy atom. The minimum atomic E-state index is -3.71. The van der Waals surface area contributed by atoms with Crippen LogP contribution < -0.4 is 4.72 Å². The third kappa shape index (κ3) is 3.01. The second kappa shape index (κ2) is 5.51. The highest BCUT2D eigenvalue weighted by Gasteiger charge is 2.18. The number of hydrogen-bond acceptors (Lipinski definition) is 6. The van der Waals surface area contributed by atoms with Gasteiger partial charge in [-0.2, -0.15) is 4.98 Å². The Kier molecular flexibility index (Phi) is 3.55. The van der Waals surface area contributed by atoms with Crippen molar-refractivity contribution in [2.45, 2.75) is 11.6 Å². The van der Waals surface area contributed by atoms with Gasteiger partial charge in [0.2, 0.25) is 5.09 Å². The maximum atomic E-state index is 11.9. The van der Waals surface area contributed by atoms with Gasteiger partial charge in [0.05, 0.1) is 12.8 Å². The van der Waals surface area contributed by atoms with Crippen LogP contribution in [0.2, 0.25) is 0 Å². The average molecular weight is 305 g/mol. The molecule has 0 fully saturated rings. The molecule has 0 saturated carbocycles. The zero-order valence-electron chi connectivity index (χ0n) is 10.8. The number of hydrogen-bond donors (Lipinski definition) is 1. The summed E-state index contributed by atoms with van der Waals surface area (Å²) in [6.07, 6.45) is 1.29. The van der Waals surface area contributed by atoms with Gasteiger partial charge in [-0.1, -0.05) is 23.4 Å². The molecule has 0 spiro atoms. The summed E-state index contributed by atoms with van der Waals surface area (Å²) < 4.78 is 36.0. The van der Waals surface area contributed by atoms with Gasteiger partial charge in [0.25, 0.3) is 15.9 Å². The van der Waals surface area contributed by atoms with Gasteiger partial charge in [-0.15, -0.1) is 0 Å². The fourth-order valence-corrected chi connectivity index (χ4v) is 2.57. The second-order valence-corrected chi connectivity index (χ2v) is 5.84. The van der Waals surface area contributed by atoms with E-state index in [2.05, 4.69) is 14.9 Å². The molecule has 7 nitrogen and oxygen atoms in total. The maximum absolute atomic E-state index is 11.9. The van der Waals surface area contributed by atoms with Crippen LogP contribution >= 0.6 is 0 Å². The van der Waals surface area contributed by atoms with Crippen molar-refractivity contribution in [2.75, 3.05) is 0 Å². The van der Waals surface area contributed by atoms with Crippen molar-refractivity contribution in [3.8, 4) is 11.5 Å². The monoisotopic (exact) mass is 305 g/mol. The third-order valence-electron chi connectivity index (χ3n) is 2.67. The summed E-state index contributed by atoms with van der Waals surface area (Å²) in [5.74, 6) is 0.576. The molecule has 0 bridgehead atoms. The Labute approximate surface area is 120 Å². The van der Waals surface area contributed by atoms with Crippen molar-refractivity contribution < 1.29 is 17.4 Å². The summed E-state index contributed by atoms with van der Waals surface area (Å²) in [4.78, 5) is 4.13. The van der Waals surface area contributed by atoms with E-state index in [1.54, 1.807) is 0 Å². The van der Waals surface area contributed by atoms with Crippen LogP contribution in [0.4, 0.5) is 0 Å². The van der Waals surface area contributed by atoms with Crippen LogP contribution in [0.15, 0.2) is 62.8 Å². The Morgan fingerprint density at radius 3 is 2.62 bits per heavy atom. The molecule has 1 aromatic carbocycles. The van der Waals surface area contributed by atoms with Crippen LogP contribution in [0.5, 0.6) is 0 Å². The van der Waals surface area contributed by atoms with Crippen molar-refractivity contribution in [1.29, 1.82) is 0 Å². The minimum Gasteiger partial charge on any atom is -0.452 e. The van der Waals surface area contributed by atoms with E-state index >= 15 is 0 Å². The summed E-state index contributed by atoms with van der Waals surface area (Å²) in [5.41, 5.74) is 0.769. The van der Waals surface area contributed by atoms with E-state index in [9.17, 15) is 8.42 Å². The molecule has 0 unspecified atom stereocenters. The highest BCUT2D eigenvalue weighted by Crippen LogP contribution is 2.16. The van der Waals surface area contributed by atoms with E-state index in [1.165, 1.54) is 18.4 Å². The molecule has 2 heterocycles. The van der Waals surface area contributed by atoms with E-state index in [0.717, 1.165) is 5.56 Å². The number of aromatic nitrogens is 2. The number of furan rings is 1. The summed E-state index contributed by atoms with van der Waals surface area (Å²) in [6.45, 7) is -0.0840. The van der Waals surface area contributed by atoms with Crippen molar-refractivity contribution in [3.63, 3.8) is 0 Å². The lowest BCUT2D eigenvalue weighted by Crippen LogP contribution is -2.23. The van der Waals surface area contributed by atoms with Gasteiger partial charge >= 0.3 is 0 Å². The molecule has 0 aliphatic carbocycles. The standard InChI is InChI=1S/C13H11N3O4S/c17-21(18,12-7-4-8-19-12)14-9-11-15-13(20-16-11)10-5-2-1-3-6-10/h1-8,14H,9H2. The van der Waals surface area contributed by atoms with Gasteiger partial charge in [-0.3, -0.25) is 0 Å². The predicted molar refractivity (Wildman–Crippen MR) is 72.5 cm³/mol. The lowest BCUT2D eigenvalue weighted by atomic mass is 10.2. The van der Waals surface area contributed by atoms with Gasteiger partial charge in [-0.25, -0.2) is 13.1 Å². The molecule has 0 amide bonds. The van der Waals surface area contributed by atoms with Crippen molar-refractivity contribution in [1.82, 2.24) is 14.9 Å². The average Bonchev–Trinajstić information content (AvgIpc) is 3.18. The van der Waals surface area contributed by atoms with Crippen LogP contribution in [0.3, 0.4) is 0 Å². The van der Waals surface area contributed by atoms with Gasteiger partial charge in [-0.05, 0) is 24.3 Å². The van der Waals surface area contributed by atoms with Crippen LogP contribution in [-0.4, -0.2) is 18.6 Å². The lowest BCUT2D eigenvalue weighted by molar-refractivity contribution is 0.420. The first-order chi connectivity index (χ1) is 10.1. The lowest BCUT2D eigenvalue weighted by Gasteiger charge is -1.99. The van der Waals surface area contributed by atoms with Gasteiger partial charge in [0.15, 0.2) is 5.82 Å². The molecule has 0 atom stereocenters. The molecular formula is C13H11N3O4S. The zero-order valence-corrected chi connectivity index (χ0v) is 11.6. The van der Waals surface area contributed by atoms with Gasteiger partial charge in [0, 0.05) is 5.56 Å². The first kappa shape index (κ1) is 13.5. The van der Waals surface area contributed by atoms with Crippen molar-refractivity contribution in [3.05, 3.63) is 54.6 Å². The number of sulfonamides is 1. The maximum Gasteiger partial charge on any atom is 0.274 e. The number of benzene rings is 1. The van der Waals surface area contributed by atoms with Crippen molar-refractivity contribution in [2.24, 2.45) is 0 Å². The molecule has 0 saturated heterocycles. The van der Waals surface area contributed by atoms with Crippen LogP contribution in [-0.2, 0) is 16.6 Å². The SMILES string of the molecule is O=S(=O)(NCc1noc(-c2ccccc2)n1)c1ccco1. The van der Waals surface area contributed by atoms with E-state index < -0.39 is 10.0 Å². The fourth-order valence-electron chi connectivity index (χ4n) is 1.67. The highest BCUT2D eigenvalue weighted by atomic mass is 32.2. The predicted octanol–water partition coefficient (Wildman–Crippen LogP) is 1.81. The topological polar surface area (TPSA) is 98.2 Å². The minimum absolute atomic E-state index is 0.0840. The molecule has 21 heavy (non-hydrogen) atoms. The fraction of sp³-hybridized carbons (Fsp3) is 0.0769. The molecule has 8 heteroatoms. The quantitative estimate of drug-likeness (QED) is 0.772. The summed E-state index contributed by atoms with van der Waals surface area (Å²) in [7, 11) is -3.71. The normalized spacial score (nSPS) is 11.6. The van der Waals surface area contributed by atoms with E-state index in [1.807, 2.05) is 30.3 Å². The van der Waals surface area contributed by atoms with Gasteiger partial charge in [0.1, 0.15) is 0 Å². The summed E-state index contributed by atoms with van der Waals surface area (Å²) >= 11 is 0. The molecule has 1 N–H and O–H groups in total. The van der Waals surface area contributed by atoms with Crippen molar-refractivity contribution >= 4 is 10.0 Å². The van der Waals surface area contributed by atoms with E-state index in [4.69, 9.17) is 8.94 Å². The molecule has 0 aliphatic heterocycles. The first-order valence-corrected chi connectivity index (χ1v) is 7.55. The van der Waals surface area contributed by atoms with E-state index in [0.29, 0.717) is 5.89 Å². The number of nitrogens with one attached hydrogen (secondary N) is 1. The molecule has 0 radical (unpaired) electrons. The molecule has 2 aromatic heterocycles. The Morgan fingerprint density at radius 2 is 1.90 bits per heavy atom. The van der Waals surface area contributed by atoms with Gasteiger partial charge < -0.3 is 8.94 Å². The molecule has 3 rings (SSSR count). The molecule has 0 aliphatic rings. The Bertz CT molecular complexity index is 810. The summed E-state index contributed by atoms with van der Waals surface area (Å²) in [5, 5.41) is 3.58. The smallest absolute Gasteiger partial charge is 0.274 e. The third-order valence-corrected chi connectivity index (χ3v) is 3.96. The molecule has 3 aromatic rings. The largest absolute Gasteiger partial charge is 0.452 e. The van der Waals surface area contributed by atoms with Crippen LogP contribution in [0.25, 0.3) is 11.5 Å². The number of nitrogens with zero attached hydrogens (tertiary/aromatic N) is 2. The Balaban J connectivity index is 1.71. The summed E-state index contributed by atoms with van der Waals surface area (Å²) in [6, 6.07) is 12.1. The van der Waals surface area contributed by atoms with Crippen LogP contribution in [0.1, 0.15) is 5.82 Å². The number of rotatable bonds is 5. The first-order valence-electron chi connectivity index (χ1n) is 6.06. The second-order valence-electron chi connectivity index (χ2n) is 4.14. The Hall–Kier alpha value is -2.45. The van der Waals surface area contributed by atoms with E-state index in [-0.39, 0.29) is 17.5 Å². The van der Waals surface area contributed by atoms with Crippen LogP contribution in [0, 0.1) is 0 Å². The highest BCUT2D eigenvalue weighted by molar-refractivity contribution is 7.89. The molecular weight excluding hydrogens is 294 g/mol.